The highest BCUT2D eigenvalue weighted by Crippen LogP contribution is 2.12. The average molecular weight is 670 g/mol. The Bertz CT molecular complexity index is 951. The van der Waals surface area contributed by atoms with Crippen LogP contribution in [0.3, 0.4) is 0 Å². The first-order valence-corrected chi connectivity index (χ1v) is 17.4. The lowest BCUT2D eigenvalue weighted by molar-refractivity contribution is 0.0132. The number of carbonyl (C=O) groups excluding carboxylic acids is 2. The summed E-state index contributed by atoms with van der Waals surface area (Å²) in [4.78, 5) is 34.0. The van der Waals surface area contributed by atoms with Crippen LogP contribution in [0.15, 0.2) is 0 Å². The van der Waals surface area contributed by atoms with Crippen molar-refractivity contribution in [1.29, 1.82) is 0 Å². The van der Waals surface area contributed by atoms with Gasteiger partial charge in [0.1, 0.15) is 0 Å². The van der Waals surface area contributed by atoms with Crippen molar-refractivity contribution in [2.24, 2.45) is 11.8 Å². The summed E-state index contributed by atoms with van der Waals surface area (Å²) in [6.07, 6.45) is 6.15. The third-order valence-corrected chi connectivity index (χ3v) is 6.89. The Kier molecular flexibility index (Phi) is 25.9. The number of anilines is 1. The fourth-order valence-corrected chi connectivity index (χ4v) is 4.27. The van der Waals surface area contributed by atoms with Crippen molar-refractivity contribution in [2.75, 3.05) is 98.1 Å². The zero-order valence-electron chi connectivity index (χ0n) is 29.7. The first-order valence-electron chi connectivity index (χ1n) is 17.4. The molecule has 0 fully saturated rings. The molecule has 47 heavy (non-hydrogen) atoms. The predicted octanol–water partition coefficient (Wildman–Crippen LogP) is 3.83. The highest BCUT2D eigenvalue weighted by Gasteiger charge is 2.20. The molecule has 0 atom stereocenters. The number of aromatic nitrogens is 2. The van der Waals surface area contributed by atoms with Crippen LogP contribution in [-0.2, 0) is 34.8 Å². The van der Waals surface area contributed by atoms with Gasteiger partial charge in [0, 0.05) is 39.5 Å². The minimum Gasteiger partial charge on any atom is -0.382 e. The maximum Gasteiger partial charge on any atom is 0.273 e. The first kappa shape index (κ1) is 42.6. The number of nitrogens with zero attached hydrogens (tertiary/aromatic N) is 2. The molecule has 1 aromatic heterocycles. The van der Waals surface area contributed by atoms with E-state index in [4.69, 9.17) is 34.2 Å². The van der Waals surface area contributed by atoms with Crippen LogP contribution in [0.25, 0.3) is 0 Å². The lowest BCUT2D eigenvalue weighted by Gasteiger charge is -2.12. The molecule has 0 aliphatic carbocycles. The Morgan fingerprint density at radius 1 is 0.574 bits per heavy atom. The van der Waals surface area contributed by atoms with E-state index in [9.17, 15) is 9.59 Å². The number of nitrogens with two attached hydrogens (primary N) is 1. The van der Waals surface area contributed by atoms with Crippen LogP contribution in [0, 0.1) is 11.8 Å². The molecule has 0 aliphatic heterocycles. The van der Waals surface area contributed by atoms with Crippen LogP contribution in [0.5, 0.6) is 0 Å². The molecule has 0 unspecified atom stereocenters. The van der Waals surface area contributed by atoms with Crippen molar-refractivity contribution in [3.63, 3.8) is 0 Å². The second kappa shape index (κ2) is 28.6. The van der Waals surface area contributed by atoms with Crippen LogP contribution < -0.4 is 16.4 Å². The van der Waals surface area contributed by atoms with Crippen molar-refractivity contribution in [2.45, 2.75) is 79.6 Å². The summed E-state index contributed by atoms with van der Waals surface area (Å²) in [5.74, 6) is 0.482. The predicted molar refractivity (Wildman–Crippen MR) is 183 cm³/mol. The van der Waals surface area contributed by atoms with Crippen LogP contribution in [-0.4, -0.2) is 114 Å². The fraction of sp³-hybridized carbons (Fsp3) is 0.824. The largest absolute Gasteiger partial charge is 0.382 e. The van der Waals surface area contributed by atoms with E-state index in [0.717, 1.165) is 26.1 Å². The van der Waals surface area contributed by atoms with E-state index in [1.165, 1.54) is 12.8 Å². The monoisotopic (exact) mass is 669 g/mol. The standard InChI is InChI=1S/C34H63N5O8/c1-6-29-30(33(40)36-13-9-17-44-21-25-46-23-19-42-15-7-11-27(2)3)39-32(35)31(38-29)34(41)37-14-10-18-45-22-26-47-24-20-43-16-8-12-28(4)5/h27-28H,6-26H2,1-5H3,(H2,35,39)(H,36,40)(H,37,41). The van der Waals surface area contributed by atoms with Crippen LogP contribution in [0.1, 0.15) is 99.8 Å². The molecular weight excluding hydrogens is 606 g/mol. The molecule has 1 aromatic rings. The number of ether oxygens (including phenoxy) is 6. The highest BCUT2D eigenvalue weighted by atomic mass is 16.5. The minimum absolute atomic E-state index is 0.00690. The molecule has 0 bridgehead atoms. The average Bonchev–Trinajstić information content (AvgIpc) is 3.04. The van der Waals surface area contributed by atoms with Gasteiger partial charge < -0.3 is 44.8 Å². The zero-order valence-corrected chi connectivity index (χ0v) is 29.7. The fourth-order valence-electron chi connectivity index (χ4n) is 4.27. The molecule has 4 N–H and O–H groups in total. The smallest absolute Gasteiger partial charge is 0.273 e. The van der Waals surface area contributed by atoms with Crippen molar-refractivity contribution < 1.29 is 38.0 Å². The second-order valence-electron chi connectivity index (χ2n) is 12.1. The molecule has 0 aromatic carbocycles. The topological polar surface area (TPSA) is 165 Å². The molecule has 13 nitrogen and oxygen atoms in total. The summed E-state index contributed by atoms with van der Waals surface area (Å²) in [5.41, 5.74) is 6.56. The molecule has 13 heteroatoms. The van der Waals surface area contributed by atoms with Crippen molar-refractivity contribution in [3.05, 3.63) is 17.1 Å². The number of carbonyl (C=O) groups is 2. The van der Waals surface area contributed by atoms with Gasteiger partial charge in [-0.3, -0.25) is 9.59 Å². The second-order valence-corrected chi connectivity index (χ2v) is 12.1. The molecule has 0 saturated heterocycles. The molecule has 2 amide bonds. The van der Waals surface area contributed by atoms with E-state index in [-0.39, 0.29) is 23.1 Å². The van der Waals surface area contributed by atoms with Gasteiger partial charge in [0.15, 0.2) is 17.2 Å². The number of hydrogen-bond donors (Lipinski definition) is 3. The summed E-state index contributed by atoms with van der Waals surface area (Å²) in [5, 5.41) is 5.61. The quantitative estimate of drug-likeness (QED) is 0.0984. The molecule has 0 saturated carbocycles. The van der Waals surface area contributed by atoms with Crippen molar-refractivity contribution in [3.8, 4) is 0 Å². The van der Waals surface area contributed by atoms with Gasteiger partial charge in [-0.05, 0) is 56.8 Å². The summed E-state index contributed by atoms with van der Waals surface area (Å²) < 4.78 is 33.2. The Morgan fingerprint density at radius 2 is 0.936 bits per heavy atom. The van der Waals surface area contributed by atoms with Gasteiger partial charge in [-0.25, -0.2) is 9.97 Å². The van der Waals surface area contributed by atoms with E-state index in [0.29, 0.717) is 116 Å². The Labute approximate surface area is 282 Å². The SMILES string of the molecule is CCc1nc(C(=O)NCCCOCCOCCOCCCC(C)C)c(N)nc1C(=O)NCCCOCCOCCOCCCC(C)C. The third-order valence-electron chi connectivity index (χ3n) is 6.89. The van der Waals surface area contributed by atoms with Gasteiger partial charge >= 0.3 is 0 Å². The third kappa shape index (κ3) is 22.7. The van der Waals surface area contributed by atoms with Gasteiger partial charge in [-0.1, -0.05) is 34.6 Å². The summed E-state index contributed by atoms with van der Waals surface area (Å²) >= 11 is 0. The molecule has 1 rings (SSSR count). The number of rotatable bonds is 31. The first-order chi connectivity index (χ1) is 22.8. The van der Waals surface area contributed by atoms with Crippen LogP contribution >= 0.6 is 0 Å². The Balaban J connectivity index is 2.16. The molecule has 1 heterocycles. The van der Waals surface area contributed by atoms with Gasteiger partial charge in [-0.15, -0.1) is 0 Å². The zero-order chi connectivity index (χ0) is 34.5. The summed E-state index contributed by atoms with van der Waals surface area (Å²) in [6, 6.07) is 0. The van der Waals surface area contributed by atoms with E-state index < -0.39 is 5.91 Å². The van der Waals surface area contributed by atoms with E-state index in [1.807, 2.05) is 6.92 Å². The van der Waals surface area contributed by atoms with Crippen molar-refractivity contribution in [1.82, 2.24) is 20.6 Å². The Hall–Kier alpha value is -2.42. The number of nitrogen functional groups attached to an aromatic ring is 1. The molecule has 0 spiro atoms. The van der Waals surface area contributed by atoms with Gasteiger partial charge in [-0.2, -0.15) is 0 Å². The van der Waals surface area contributed by atoms with Gasteiger partial charge in [0.2, 0.25) is 0 Å². The lowest BCUT2D eigenvalue weighted by Crippen LogP contribution is -2.31. The molecular formula is C34H63N5O8. The normalized spacial score (nSPS) is 11.5. The highest BCUT2D eigenvalue weighted by molar-refractivity contribution is 5.98. The Morgan fingerprint density at radius 3 is 1.32 bits per heavy atom. The minimum atomic E-state index is -0.441. The van der Waals surface area contributed by atoms with Gasteiger partial charge in [0.05, 0.1) is 58.5 Å². The van der Waals surface area contributed by atoms with E-state index >= 15 is 0 Å². The van der Waals surface area contributed by atoms with Crippen LogP contribution in [0.2, 0.25) is 0 Å². The number of nitrogens with one attached hydrogen (secondary N) is 2. The number of aryl methyl sites for hydroxylation is 1. The summed E-state index contributed by atoms with van der Waals surface area (Å²) in [6.45, 7) is 18.2. The number of amides is 2. The maximum absolute atomic E-state index is 12.7. The molecule has 0 radical (unpaired) electrons. The summed E-state index contributed by atoms with van der Waals surface area (Å²) in [7, 11) is 0. The lowest BCUT2D eigenvalue weighted by atomic mass is 10.1. The maximum atomic E-state index is 12.7. The van der Waals surface area contributed by atoms with E-state index in [2.05, 4.69) is 48.3 Å². The van der Waals surface area contributed by atoms with Crippen LogP contribution in [0.4, 0.5) is 5.82 Å². The molecule has 272 valence electrons. The van der Waals surface area contributed by atoms with Gasteiger partial charge in [0.25, 0.3) is 11.8 Å². The number of hydrogen-bond acceptors (Lipinski definition) is 11. The van der Waals surface area contributed by atoms with E-state index in [1.54, 1.807) is 0 Å². The van der Waals surface area contributed by atoms with Crippen molar-refractivity contribution >= 4 is 17.6 Å². The molecule has 0 aliphatic rings.